The number of ether oxygens (including phenoxy) is 1. The molecule has 2 fully saturated rings. The number of amides is 1. The van der Waals surface area contributed by atoms with Crippen LogP contribution in [0, 0.1) is 0 Å². The predicted octanol–water partition coefficient (Wildman–Crippen LogP) is 2.80. The van der Waals surface area contributed by atoms with Gasteiger partial charge in [0, 0.05) is 31.1 Å². The minimum Gasteiger partial charge on any atom is -0.379 e. The predicted molar refractivity (Wildman–Crippen MR) is 88.0 cm³/mol. The molecule has 0 aromatic carbocycles. The van der Waals surface area contributed by atoms with Gasteiger partial charge in [-0.1, -0.05) is 12.0 Å². The van der Waals surface area contributed by atoms with Crippen LogP contribution in [0.3, 0.4) is 0 Å². The van der Waals surface area contributed by atoms with E-state index in [0.717, 1.165) is 51.4 Å². The van der Waals surface area contributed by atoms with Crippen molar-refractivity contribution < 1.29 is 9.53 Å². The van der Waals surface area contributed by atoms with E-state index in [-0.39, 0.29) is 5.91 Å². The zero-order chi connectivity index (χ0) is 15.2. The molecule has 1 N–H and O–H groups in total. The molecule has 1 aliphatic carbocycles. The average Bonchev–Trinajstić information content (AvgIpc) is 2.96. The molecule has 1 aromatic rings. The number of nitrogens with zero attached hydrogens (tertiary/aromatic N) is 2. The maximum Gasteiger partial charge on any atom is 0.250 e. The first-order valence-electron chi connectivity index (χ1n) is 8.04. The SMILES string of the molecule is O=C(C=C1CCCCC1)Nc1nc(CN2CCOCC2)cs1. The number of aromatic nitrogens is 1. The minimum absolute atomic E-state index is 0.0378. The second kappa shape index (κ2) is 7.85. The van der Waals surface area contributed by atoms with Crippen LogP contribution in [0.5, 0.6) is 0 Å². The van der Waals surface area contributed by atoms with Crippen molar-refractivity contribution in [3.05, 3.63) is 22.7 Å². The Morgan fingerprint density at radius 2 is 2.09 bits per heavy atom. The first-order chi connectivity index (χ1) is 10.8. The molecule has 22 heavy (non-hydrogen) atoms. The maximum atomic E-state index is 12.0. The number of allylic oxidation sites excluding steroid dienone is 1. The van der Waals surface area contributed by atoms with E-state index in [9.17, 15) is 4.79 Å². The zero-order valence-electron chi connectivity index (χ0n) is 12.8. The van der Waals surface area contributed by atoms with E-state index in [1.54, 1.807) is 6.08 Å². The van der Waals surface area contributed by atoms with Crippen LogP contribution in [-0.4, -0.2) is 42.1 Å². The molecule has 0 unspecified atom stereocenters. The number of morpholine rings is 1. The Morgan fingerprint density at radius 3 is 2.86 bits per heavy atom. The van der Waals surface area contributed by atoms with Gasteiger partial charge in [-0.2, -0.15) is 0 Å². The van der Waals surface area contributed by atoms with Crippen LogP contribution in [0.4, 0.5) is 5.13 Å². The van der Waals surface area contributed by atoms with Gasteiger partial charge in [0.1, 0.15) is 0 Å². The number of rotatable bonds is 4. The van der Waals surface area contributed by atoms with Gasteiger partial charge in [0.15, 0.2) is 5.13 Å². The summed E-state index contributed by atoms with van der Waals surface area (Å²) < 4.78 is 5.34. The summed E-state index contributed by atoms with van der Waals surface area (Å²) in [6.07, 6.45) is 7.60. The standard InChI is InChI=1S/C16H23N3O2S/c20-15(10-13-4-2-1-3-5-13)18-16-17-14(12-22-16)11-19-6-8-21-9-7-19/h10,12H,1-9,11H2,(H,17,18,20). The van der Waals surface area contributed by atoms with Gasteiger partial charge < -0.3 is 4.74 Å². The molecule has 2 aliphatic rings. The second-order valence-corrected chi connectivity index (χ2v) is 6.74. The normalized spacial score (nSPS) is 19.9. The highest BCUT2D eigenvalue weighted by Crippen LogP contribution is 2.23. The summed E-state index contributed by atoms with van der Waals surface area (Å²) >= 11 is 1.50. The smallest absolute Gasteiger partial charge is 0.250 e. The molecule has 5 nitrogen and oxygen atoms in total. The molecule has 0 bridgehead atoms. The second-order valence-electron chi connectivity index (χ2n) is 5.89. The average molecular weight is 321 g/mol. The molecule has 1 amide bonds. The number of hydrogen-bond acceptors (Lipinski definition) is 5. The van der Waals surface area contributed by atoms with Crippen molar-refractivity contribution in [1.82, 2.24) is 9.88 Å². The number of carbonyl (C=O) groups is 1. The zero-order valence-corrected chi connectivity index (χ0v) is 13.7. The summed E-state index contributed by atoms with van der Waals surface area (Å²) in [5.41, 5.74) is 2.29. The minimum atomic E-state index is -0.0378. The first kappa shape index (κ1) is 15.6. The summed E-state index contributed by atoms with van der Waals surface area (Å²) in [6, 6.07) is 0. The third-order valence-electron chi connectivity index (χ3n) is 4.10. The van der Waals surface area contributed by atoms with Gasteiger partial charge in [0.2, 0.25) is 5.91 Å². The monoisotopic (exact) mass is 321 g/mol. The summed E-state index contributed by atoms with van der Waals surface area (Å²) in [5, 5.41) is 5.62. The van der Waals surface area contributed by atoms with Crippen LogP contribution < -0.4 is 5.32 Å². The molecular weight excluding hydrogens is 298 g/mol. The Balaban J connectivity index is 1.51. The lowest BCUT2D eigenvalue weighted by molar-refractivity contribution is -0.112. The van der Waals surface area contributed by atoms with Crippen LogP contribution in [0.1, 0.15) is 37.8 Å². The quantitative estimate of drug-likeness (QED) is 0.867. The van der Waals surface area contributed by atoms with Crippen molar-refractivity contribution in [2.45, 2.75) is 38.6 Å². The summed E-state index contributed by atoms with van der Waals surface area (Å²) in [4.78, 5) is 18.9. The third-order valence-corrected chi connectivity index (χ3v) is 4.91. The van der Waals surface area contributed by atoms with Crippen LogP contribution in [-0.2, 0) is 16.1 Å². The Labute approximate surface area is 135 Å². The molecule has 6 heteroatoms. The van der Waals surface area contributed by atoms with Crippen LogP contribution in [0.15, 0.2) is 17.0 Å². The molecule has 1 saturated heterocycles. The highest BCUT2D eigenvalue weighted by Gasteiger charge is 2.13. The number of nitrogens with one attached hydrogen (secondary N) is 1. The molecule has 120 valence electrons. The van der Waals surface area contributed by atoms with Gasteiger partial charge in [0.25, 0.3) is 0 Å². The van der Waals surface area contributed by atoms with Crippen LogP contribution >= 0.6 is 11.3 Å². The number of carbonyl (C=O) groups excluding carboxylic acids is 1. The lowest BCUT2D eigenvalue weighted by Gasteiger charge is -2.25. The van der Waals surface area contributed by atoms with Gasteiger partial charge in [-0.05, 0) is 25.7 Å². The van der Waals surface area contributed by atoms with Crippen molar-refractivity contribution >= 4 is 22.4 Å². The number of anilines is 1. The van der Waals surface area contributed by atoms with Crippen molar-refractivity contribution in [3.63, 3.8) is 0 Å². The fourth-order valence-electron chi connectivity index (χ4n) is 2.90. The topological polar surface area (TPSA) is 54.5 Å². The largest absolute Gasteiger partial charge is 0.379 e. The van der Waals surface area contributed by atoms with Crippen molar-refractivity contribution in [3.8, 4) is 0 Å². The van der Waals surface area contributed by atoms with Gasteiger partial charge >= 0.3 is 0 Å². The molecule has 0 spiro atoms. The Morgan fingerprint density at radius 1 is 1.32 bits per heavy atom. The van der Waals surface area contributed by atoms with Crippen LogP contribution in [0.25, 0.3) is 0 Å². The van der Waals surface area contributed by atoms with Crippen molar-refractivity contribution in [1.29, 1.82) is 0 Å². The van der Waals surface area contributed by atoms with E-state index in [2.05, 4.69) is 15.2 Å². The van der Waals surface area contributed by atoms with Crippen molar-refractivity contribution in [2.75, 3.05) is 31.6 Å². The van der Waals surface area contributed by atoms with Gasteiger partial charge in [0.05, 0.1) is 18.9 Å². The molecule has 1 aromatic heterocycles. The van der Waals surface area contributed by atoms with E-state index in [4.69, 9.17) is 4.74 Å². The van der Waals surface area contributed by atoms with E-state index in [1.807, 2.05) is 5.38 Å². The molecule has 0 radical (unpaired) electrons. The number of hydrogen-bond donors (Lipinski definition) is 1. The van der Waals surface area contributed by atoms with E-state index in [0.29, 0.717) is 5.13 Å². The van der Waals surface area contributed by atoms with E-state index < -0.39 is 0 Å². The van der Waals surface area contributed by atoms with Gasteiger partial charge in [-0.25, -0.2) is 4.98 Å². The highest BCUT2D eigenvalue weighted by atomic mass is 32.1. The van der Waals surface area contributed by atoms with Crippen molar-refractivity contribution in [2.24, 2.45) is 0 Å². The fraction of sp³-hybridized carbons (Fsp3) is 0.625. The molecular formula is C16H23N3O2S. The van der Waals surface area contributed by atoms with E-state index in [1.165, 1.54) is 36.2 Å². The molecule has 1 aliphatic heterocycles. The molecule has 1 saturated carbocycles. The lowest BCUT2D eigenvalue weighted by Crippen LogP contribution is -2.35. The Hall–Kier alpha value is -1.24. The van der Waals surface area contributed by atoms with Gasteiger partial charge in [-0.15, -0.1) is 11.3 Å². The molecule has 0 atom stereocenters. The lowest BCUT2D eigenvalue weighted by atomic mass is 9.95. The fourth-order valence-corrected chi connectivity index (χ4v) is 3.61. The summed E-state index contributed by atoms with van der Waals surface area (Å²) in [6.45, 7) is 4.32. The van der Waals surface area contributed by atoms with Gasteiger partial charge in [-0.3, -0.25) is 15.0 Å². The third kappa shape index (κ3) is 4.63. The maximum absolute atomic E-state index is 12.0. The highest BCUT2D eigenvalue weighted by molar-refractivity contribution is 7.13. The summed E-state index contributed by atoms with van der Waals surface area (Å²) in [7, 11) is 0. The Bertz CT molecular complexity index is 527. The summed E-state index contributed by atoms with van der Waals surface area (Å²) in [5.74, 6) is -0.0378. The Kier molecular flexibility index (Phi) is 5.58. The number of thiazole rings is 1. The molecule has 3 rings (SSSR count). The first-order valence-corrected chi connectivity index (χ1v) is 8.92. The molecule has 2 heterocycles. The van der Waals surface area contributed by atoms with Crippen LogP contribution in [0.2, 0.25) is 0 Å². The van der Waals surface area contributed by atoms with E-state index >= 15 is 0 Å².